The number of rotatable bonds is 8. The highest BCUT2D eigenvalue weighted by Crippen LogP contribution is 2.67. The van der Waals surface area contributed by atoms with Gasteiger partial charge in [-0.25, -0.2) is 0 Å². The van der Waals surface area contributed by atoms with Crippen LogP contribution < -0.4 is 0 Å². The molecule has 0 heterocycles. The van der Waals surface area contributed by atoms with Crippen LogP contribution in [0.4, 0.5) is 0 Å². The van der Waals surface area contributed by atoms with Crippen molar-refractivity contribution in [3.8, 4) is 0 Å². The first kappa shape index (κ1) is 27.8. The van der Waals surface area contributed by atoms with Gasteiger partial charge in [0.2, 0.25) is 11.6 Å². The number of aliphatic hydroxyl groups excluding tert-OH is 2. The van der Waals surface area contributed by atoms with Crippen LogP contribution in [0, 0.1) is 34.5 Å². The van der Waals surface area contributed by atoms with E-state index in [-0.39, 0.29) is 11.1 Å². The van der Waals surface area contributed by atoms with E-state index in [4.69, 9.17) is 0 Å². The van der Waals surface area contributed by atoms with E-state index in [0.29, 0.717) is 25.7 Å². The molecule has 0 saturated heterocycles. The van der Waals surface area contributed by atoms with Crippen LogP contribution in [0.2, 0.25) is 0 Å². The van der Waals surface area contributed by atoms with Crippen molar-refractivity contribution in [1.82, 2.24) is 0 Å². The van der Waals surface area contributed by atoms with Crippen LogP contribution in [-0.2, 0) is 19.2 Å². The summed E-state index contributed by atoms with van der Waals surface area (Å²) in [5, 5.41) is 21.9. The van der Waals surface area contributed by atoms with E-state index in [1.807, 2.05) is 39.8 Å². The molecule has 0 aromatic rings. The molecule has 6 nitrogen and oxygen atoms in total. The van der Waals surface area contributed by atoms with E-state index in [1.165, 1.54) is 13.8 Å². The van der Waals surface area contributed by atoms with Gasteiger partial charge >= 0.3 is 0 Å². The molecule has 3 aliphatic carbocycles. The predicted molar refractivity (Wildman–Crippen MR) is 138 cm³/mol. The molecule has 1 saturated carbocycles. The first-order chi connectivity index (χ1) is 16.7. The molecule has 0 radical (unpaired) electrons. The van der Waals surface area contributed by atoms with Gasteiger partial charge in [0.25, 0.3) is 0 Å². The molecule has 0 amide bonds. The van der Waals surface area contributed by atoms with Crippen LogP contribution in [-0.4, -0.2) is 33.3 Å². The van der Waals surface area contributed by atoms with Crippen molar-refractivity contribution in [1.29, 1.82) is 0 Å². The van der Waals surface area contributed by atoms with E-state index in [0.717, 1.165) is 11.1 Å². The molecule has 0 spiro atoms. The third-order valence-corrected chi connectivity index (χ3v) is 8.78. The summed E-state index contributed by atoms with van der Waals surface area (Å²) in [5.41, 5.74) is -1.13. The Labute approximate surface area is 214 Å². The Morgan fingerprint density at radius 1 is 0.889 bits per heavy atom. The number of fused-ring (bicyclic) bond motifs is 5. The molecule has 0 aliphatic heterocycles. The molecule has 6 atom stereocenters. The summed E-state index contributed by atoms with van der Waals surface area (Å²) in [7, 11) is 0. The molecule has 2 N–H and O–H groups in total. The maximum Gasteiger partial charge on any atom is 0.211 e. The SMILES string of the molecule is CC(C)=CCC[C@@H](C)C1=C(O)C(=O)[C@@]2(C)[C@@H]3C(=O)[C@@]([C@H](C)CCC=C(C)C)(C(=O)C(O)=C3C)[C@H]2C1=O. The van der Waals surface area contributed by atoms with Gasteiger partial charge < -0.3 is 10.2 Å². The maximum atomic E-state index is 14.2. The first-order valence-electron chi connectivity index (χ1n) is 12.9. The van der Waals surface area contributed by atoms with Gasteiger partial charge in [-0.15, -0.1) is 0 Å². The fourth-order valence-electron chi connectivity index (χ4n) is 6.93. The minimum Gasteiger partial charge on any atom is -0.504 e. The number of carbonyl (C=O) groups excluding carboxylic acids is 4. The molecule has 0 aromatic carbocycles. The topological polar surface area (TPSA) is 109 Å². The largest absolute Gasteiger partial charge is 0.504 e. The van der Waals surface area contributed by atoms with Crippen molar-refractivity contribution in [2.24, 2.45) is 34.5 Å². The third kappa shape index (κ3) is 3.75. The smallest absolute Gasteiger partial charge is 0.211 e. The minimum absolute atomic E-state index is 0.00537. The quantitative estimate of drug-likeness (QED) is 0.318. The summed E-state index contributed by atoms with van der Waals surface area (Å²) in [6, 6.07) is 0. The van der Waals surface area contributed by atoms with Gasteiger partial charge in [-0.1, -0.05) is 44.1 Å². The zero-order valence-electron chi connectivity index (χ0n) is 22.8. The molecule has 3 aliphatic rings. The van der Waals surface area contributed by atoms with Gasteiger partial charge in [0, 0.05) is 5.57 Å². The molecule has 0 aromatic heterocycles. The van der Waals surface area contributed by atoms with E-state index in [9.17, 15) is 29.4 Å². The lowest BCUT2D eigenvalue weighted by atomic mass is 9.55. The Morgan fingerprint density at radius 3 is 1.94 bits per heavy atom. The van der Waals surface area contributed by atoms with E-state index >= 15 is 0 Å². The van der Waals surface area contributed by atoms with Gasteiger partial charge in [0.1, 0.15) is 5.41 Å². The fraction of sp³-hybridized carbons (Fsp3) is 0.600. The van der Waals surface area contributed by atoms with Crippen molar-refractivity contribution in [3.05, 3.63) is 46.0 Å². The minimum atomic E-state index is -1.84. The monoisotopic (exact) mass is 496 g/mol. The zero-order chi connectivity index (χ0) is 27.3. The van der Waals surface area contributed by atoms with Crippen LogP contribution in [0.5, 0.6) is 0 Å². The number of ketones is 4. The maximum absolute atomic E-state index is 14.2. The highest BCUT2D eigenvalue weighted by molar-refractivity contribution is 6.29. The van der Waals surface area contributed by atoms with E-state index in [2.05, 4.69) is 0 Å². The lowest BCUT2D eigenvalue weighted by molar-refractivity contribution is -0.153. The van der Waals surface area contributed by atoms with Crippen LogP contribution in [0.3, 0.4) is 0 Å². The van der Waals surface area contributed by atoms with E-state index in [1.54, 1.807) is 13.8 Å². The summed E-state index contributed by atoms with van der Waals surface area (Å²) in [4.78, 5) is 56.0. The third-order valence-electron chi connectivity index (χ3n) is 8.78. The predicted octanol–water partition coefficient (Wildman–Crippen LogP) is 5.94. The lowest BCUT2D eigenvalue weighted by Crippen LogP contribution is -2.55. The van der Waals surface area contributed by atoms with Gasteiger partial charge in [0.05, 0.1) is 17.3 Å². The van der Waals surface area contributed by atoms with Crippen molar-refractivity contribution in [3.63, 3.8) is 0 Å². The Bertz CT molecular complexity index is 1140. The second kappa shape index (κ2) is 9.60. The van der Waals surface area contributed by atoms with Crippen LogP contribution in [0.1, 0.15) is 81.1 Å². The molecule has 2 bridgehead atoms. The molecule has 1 fully saturated rings. The number of carbonyl (C=O) groups is 4. The molecular weight excluding hydrogens is 456 g/mol. The average Bonchev–Trinajstić information content (AvgIpc) is 2.97. The Hall–Kier alpha value is -2.76. The first-order valence-corrected chi connectivity index (χ1v) is 12.9. The highest BCUT2D eigenvalue weighted by Gasteiger charge is 2.79. The molecular formula is C30H40O6. The molecule has 3 rings (SSSR count). The van der Waals surface area contributed by atoms with E-state index < -0.39 is 69.2 Å². The second-order valence-electron chi connectivity index (χ2n) is 11.7. The van der Waals surface area contributed by atoms with Crippen molar-refractivity contribution in [2.75, 3.05) is 0 Å². The number of hydrogen-bond donors (Lipinski definition) is 2. The number of Topliss-reactive ketones (excluding diaryl/α,β-unsaturated/α-hetero) is 4. The van der Waals surface area contributed by atoms with Crippen molar-refractivity contribution < 1.29 is 29.4 Å². The summed E-state index contributed by atoms with van der Waals surface area (Å²) < 4.78 is 0. The normalized spacial score (nSPS) is 31.4. The van der Waals surface area contributed by atoms with Crippen LogP contribution >= 0.6 is 0 Å². The molecule has 6 heteroatoms. The number of allylic oxidation sites excluding steroid dienone is 8. The molecule has 0 unspecified atom stereocenters. The van der Waals surface area contributed by atoms with Crippen LogP contribution in [0.25, 0.3) is 0 Å². The highest BCUT2D eigenvalue weighted by atomic mass is 16.3. The summed E-state index contributed by atoms with van der Waals surface area (Å²) in [6.07, 6.45) is 6.27. The summed E-state index contributed by atoms with van der Waals surface area (Å²) in [6.45, 7) is 14.4. The van der Waals surface area contributed by atoms with Crippen molar-refractivity contribution in [2.45, 2.75) is 81.1 Å². The Morgan fingerprint density at radius 2 is 1.42 bits per heavy atom. The van der Waals surface area contributed by atoms with Crippen molar-refractivity contribution >= 4 is 23.1 Å². The number of hydrogen-bond acceptors (Lipinski definition) is 6. The fourth-order valence-corrected chi connectivity index (χ4v) is 6.93. The van der Waals surface area contributed by atoms with Gasteiger partial charge in [-0.2, -0.15) is 0 Å². The lowest BCUT2D eigenvalue weighted by Gasteiger charge is -2.43. The van der Waals surface area contributed by atoms with Gasteiger partial charge in [0.15, 0.2) is 23.1 Å². The Kier molecular flexibility index (Phi) is 7.42. The molecule has 36 heavy (non-hydrogen) atoms. The summed E-state index contributed by atoms with van der Waals surface area (Å²) >= 11 is 0. The second-order valence-corrected chi connectivity index (χ2v) is 11.7. The number of aliphatic hydroxyl groups is 2. The standard InChI is InChI=1S/C30H40O6/c1-15(2)11-9-13-17(5)20-23(32)25-29(8,27(35)24(20)33)21-19(7)22(31)28(36)30(25,26(21)34)18(6)14-10-12-16(3)4/h11-12,17-18,21,25,31,33H,9-10,13-14H2,1-8H3/t17-,18-,21+,25+,29+,30+/m1/s1. The average molecular weight is 497 g/mol. The van der Waals surface area contributed by atoms with Gasteiger partial charge in [-0.3, -0.25) is 19.2 Å². The summed E-state index contributed by atoms with van der Waals surface area (Å²) in [5.74, 6) is -6.99. The van der Waals surface area contributed by atoms with Gasteiger partial charge in [-0.05, 0) is 77.7 Å². The Balaban J connectivity index is 2.21. The molecule has 196 valence electrons. The zero-order valence-corrected chi connectivity index (χ0v) is 22.8. The van der Waals surface area contributed by atoms with Crippen LogP contribution in [0.15, 0.2) is 46.0 Å².